The van der Waals surface area contributed by atoms with Crippen LogP contribution >= 0.6 is 0 Å². The lowest BCUT2D eigenvalue weighted by Crippen LogP contribution is -2.78. The summed E-state index contributed by atoms with van der Waals surface area (Å²) >= 11 is 0. The summed E-state index contributed by atoms with van der Waals surface area (Å²) in [4.78, 5) is 15.0. The second-order valence-corrected chi connectivity index (χ2v) is 13.0. The van der Waals surface area contributed by atoms with Crippen LogP contribution in [0.1, 0.15) is 53.6 Å². The van der Waals surface area contributed by atoms with Gasteiger partial charge in [-0.2, -0.15) is 0 Å². The minimum absolute atomic E-state index is 0.0671. The topological polar surface area (TPSA) is 122 Å². The number of piperidine rings is 1. The van der Waals surface area contributed by atoms with E-state index in [1.54, 1.807) is 36.4 Å². The maximum Gasteiger partial charge on any atom is 0.252 e. The van der Waals surface area contributed by atoms with Crippen molar-refractivity contribution in [2.75, 3.05) is 13.1 Å². The summed E-state index contributed by atoms with van der Waals surface area (Å²) in [5, 5.41) is 12.6. The minimum Gasteiger partial charge on any atom is -0.487 e. The van der Waals surface area contributed by atoms with Crippen LogP contribution in [0.2, 0.25) is 0 Å². The number of hydrogen-bond donors (Lipinski definition) is 3. The third-order valence-electron chi connectivity index (χ3n) is 9.41. The highest BCUT2D eigenvalue weighted by molar-refractivity contribution is 7.89. The van der Waals surface area contributed by atoms with Gasteiger partial charge in [0.15, 0.2) is 0 Å². The maximum absolute atomic E-state index is 13.3. The third-order valence-corrected chi connectivity index (χ3v) is 10.9. The van der Waals surface area contributed by atoms with Gasteiger partial charge in [0.25, 0.3) is 5.91 Å². The molecule has 3 aliphatic carbocycles. The van der Waals surface area contributed by atoms with E-state index in [9.17, 15) is 18.3 Å². The van der Waals surface area contributed by atoms with Crippen molar-refractivity contribution in [1.82, 2.24) is 9.62 Å². The van der Waals surface area contributed by atoms with Gasteiger partial charge in [-0.25, -0.2) is 13.1 Å². The van der Waals surface area contributed by atoms with E-state index in [0.717, 1.165) is 24.2 Å². The van der Waals surface area contributed by atoms with E-state index in [1.165, 1.54) is 12.8 Å². The molecule has 5 atom stereocenters. The van der Waals surface area contributed by atoms with Gasteiger partial charge >= 0.3 is 0 Å². The summed E-state index contributed by atoms with van der Waals surface area (Å²) in [7, 11) is -3.80. The number of rotatable bonds is 6. The predicted molar refractivity (Wildman–Crippen MR) is 132 cm³/mol. The molecule has 2 heterocycles. The molecule has 2 aromatic carbocycles. The summed E-state index contributed by atoms with van der Waals surface area (Å²) < 4.78 is 36.1. The molecule has 2 saturated carbocycles. The maximum atomic E-state index is 13.3. The normalized spacial score (nSPS) is 34.6. The number of sulfonamides is 1. The smallest absolute Gasteiger partial charge is 0.252 e. The second kappa shape index (κ2) is 7.54. The molecule has 190 valence electrons. The molecule has 7 rings (SSSR count). The lowest BCUT2D eigenvalue weighted by atomic mass is 9.48. The summed E-state index contributed by atoms with van der Waals surface area (Å²) in [5.74, 6) is 0.547. The zero-order valence-corrected chi connectivity index (χ0v) is 20.8. The number of carbonyl (C=O) groups excluding carboxylic acids is 1. The molecular formula is C27H31N3O5S. The highest BCUT2D eigenvalue weighted by Crippen LogP contribution is 2.64. The van der Waals surface area contributed by atoms with Crippen molar-refractivity contribution in [2.24, 2.45) is 11.7 Å². The number of nitrogens with zero attached hydrogens (tertiary/aromatic N) is 1. The Morgan fingerprint density at radius 1 is 1.14 bits per heavy atom. The van der Waals surface area contributed by atoms with Gasteiger partial charge in [0.1, 0.15) is 11.9 Å². The molecule has 0 radical (unpaired) electrons. The van der Waals surface area contributed by atoms with Crippen molar-refractivity contribution in [3.8, 4) is 5.75 Å². The van der Waals surface area contributed by atoms with Crippen LogP contribution in [0, 0.1) is 5.92 Å². The number of hydrogen-bond acceptors (Lipinski definition) is 6. The Morgan fingerprint density at radius 3 is 2.64 bits per heavy atom. The number of benzene rings is 2. The van der Waals surface area contributed by atoms with Gasteiger partial charge in [-0.15, -0.1) is 0 Å². The predicted octanol–water partition coefficient (Wildman–Crippen LogP) is 1.70. The number of nitrogens with one attached hydrogen (secondary N) is 1. The number of likely N-dealkylation sites (tertiary alicyclic amines) is 1. The van der Waals surface area contributed by atoms with Crippen LogP contribution in [0.25, 0.3) is 0 Å². The van der Waals surface area contributed by atoms with Gasteiger partial charge in [-0.3, -0.25) is 9.69 Å². The zero-order chi connectivity index (χ0) is 24.9. The molecule has 4 N–H and O–H groups in total. The molecular weight excluding hydrogens is 478 g/mol. The summed E-state index contributed by atoms with van der Waals surface area (Å²) in [5.41, 5.74) is 6.10. The highest BCUT2D eigenvalue weighted by atomic mass is 32.2. The van der Waals surface area contributed by atoms with Crippen LogP contribution in [-0.2, 0) is 21.9 Å². The first kappa shape index (κ1) is 22.7. The molecule has 9 heteroatoms. The Balaban J connectivity index is 1.35. The van der Waals surface area contributed by atoms with E-state index >= 15 is 0 Å². The molecule has 1 amide bonds. The molecule has 1 saturated heterocycles. The van der Waals surface area contributed by atoms with Crippen molar-refractivity contribution >= 4 is 15.9 Å². The summed E-state index contributed by atoms with van der Waals surface area (Å²) in [6, 6.07) is 11.4. The first-order valence-electron chi connectivity index (χ1n) is 12.9. The van der Waals surface area contributed by atoms with E-state index in [4.69, 9.17) is 10.5 Å². The molecule has 3 fully saturated rings. The quantitative estimate of drug-likeness (QED) is 0.545. The van der Waals surface area contributed by atoms with E-state index in [2.05, 4.69) is 9.62 Å². The first-order chi connectivity index (χ1) is 17.2. The zero-order valence-electron chi connectivity index (χ0n) is 20.0. The molecule has 2 aliphatic heterocycles. The second-order valence-electron chi connectivity index (χ2n) is 11.3. The van der Waals surface area contributed by atoms with Crippen molar-refractivity contribution in [1.29, 1.82) is 0 Å². The van der Waals surface area contributed by atoms with Crippen LogP contribution in [0.4, 0.5) is 0 Å². The standard InChI is InChI=1S/C27H31N3O5S/c28-25(31)19-9-8-17-14-21-27(32)11-10-20(29-36(33,34)18-4-2-1-3-5-18)24-26(27,22(17)23(19)35-24)12-13-30(21)15-16-6-7-16/h1-5,8-9,16,20-21,24,29,32H,6-7,10-15H2,(H2,28,31)/t20-,21-,24+,26+,27-/m1/s1. The minimum atomic E-state index is -3.80. The van der Waals surface area contributed by atoms with Crippen LogP contribution < -0.4 is 15.2 Å². The van der Waals surface area contributed by atoms with Gasteiger partial charge in [-0.05, 0) is 74.8 Å². The number of ether oxygens (including phenoxy) is 1. The van der Waals surface area contributed by atoms with Gasteiger partial charge in [-0.1, -0.05) is 24.3 Å². The Bertz CT molecular complexity index is 1360. The molecule has 2 bridgehead atoms. The largest absolute Gasteiger partial charge is 0.487 e. The van der Waals surface area contributed by atoms with Crippen molar-refractivity contribution in [3.05, 3.63) is 59.2 Å². The van der Waals surface area contributed by atoms with Gasteiger partial charge in [0.2, 0.25) is 10.0 Å². The van der Waals surface area contributed by atoms with Gasteiger partial charge in [0, 0.05) is 18.2 Å². The molecule has 0 unspecified atom stereocenters. The average molecular weight is 510 g/mol. The number of carbonyl (C=O) groups is 1. The molecule has 36 heavy (non-hydrogen) atoms. The SMILES string of the molecule is NC(=O)c1ccc2c3c1O[C@H]1[C@H](NS(=O)(=O)c4ccccc4)CC[C@@]4(O)[C@@H](C2)N(CC2CC2)CC[C@]314. The summed E-state index contributed by atoms with van der Waals surface area (Å²) in [6.45, 7) is 1.79. The number of amides is 1. The number of nitrogens with two attached hydrogens (primary N) is 1. The Morgan fingerprint density at radius 2 is 1.92 bits per heavy atom. The van der Waals surface area contributed by atoms with Crippen LogP contribution in [0.3, 0.4) is 0 Å². The molecule has 8 nitrogen and oxygen atoms in total. The third kappa shape index (κ3) is 2.97. The molecule has 0 aromatic heterocycles. The number of primary amides is 1. The van der Waals surface area contributed by atoms with Gasteiger partial charge in [0.05, 0.1) is 27.5 Å². The van der Waals surface area contributed by atoms with Crippen molar-refractivity contribution < 1.29 is 23.1 Å². The fourth-order valence-corrected chi connectivity index (χ4v) is 8.97. The average Bonchev–Trinajstić information content (AvgIpc) is 3.60. The van der Waals surface area contributed by atoms with Crippen molar-refractivity contribution in [3.63, 3.8) is 0 Å². The van der Waals surface area contributed by atoms with E-state index < -0.39 is 39.1 Å². The molecule has 5 aliphatic rings. The monoisotopic (exact) mass is 509 g/mol. The Hall–Kier alpha value is -2.46. The van der Waals surface area contributed by atoms with Crippen molar-refractivity contribution in [2.45, 2.75) is 72.6 Å². The fraction of sp³-hybridized carbons (Fsp3) is 0.519. The van der Waals surface area contributed by atoms with Crippen LogP contribution in [0.5, 0.6) is 5.75 Å². The number of aliphatic hydroxyl groups is 1. The van der Waals surface area contributed by atoms with Crippen LogP contribution in [0.15, 0.2) is 47.4 Å². The first-order valence-corrected chi connectivity index (χ1v) is 14.4. The molecule has 1 spiro atoms. The van der Waals surface area contributed by atoms with E-state index in [0.29, 0.717) is 42.9 Å². The van der Waals surface area contributed by atoms with E-state index in [-0.39, 0.29) is 10.9 Å². The lowest BCUT2D eigenvalue weighted by Gasteiger charge is -2.64. The Labute approximate surface area is 210 Å². The summed E-state index contributed by atoms with van der Waals surface area (Å²) in [6.07, 6.45) is 4.08. The van der Waals surface area contributed by atoms with E-state index in [1.807, 2.05) is 6.07 Å². The highest BCUT2D eigenvalue weighted by Gasteiger charge is 2.73. The van der Waals surface area contributed by atoms with Gasteiger partial charge < -0.3 is 15.6 Å². The lowest BCUT2D eigenvalue weighted by molar-refractivity contribution is -0.190. The fourth-order valence-electron chi connectivity index (χ4n) is 7.68. The molecule has 2 aromatic rings. The Kier molecular flexibility index (Phi) is 4.75. The van der Waals surface area contributed by atoms with Crippen LogP contribution in [-0.4, -0.2) is 61.2 Å².